The number of ether oxygens (including phenoxy) is 6. The second-order valence-electron chi connectivity index (χ2n) is 35.0. The van der Waals surface area contributed by atoms with Gasteiger partial charge in [0, 0.05) is 35.6 Å². The van der Waals surface area contributed by atoms with Crippen molar-refractivity contribution < 1.29 is 38.0 Å². The summed E-state index contributed by atoms with van der Waals surface area (Å²) in [5.74, 6) is 2.67. The third-order valence-corrected chi connectivity index (χ3v) is 23.7. The molecule has 12 heteroatoms. The highest BCUT2D eigenvalue weighted by molar-refractivity contribution is 6.06. The number of aromatic nitrogens is 2. The van der Waals surface area contributed by atoms with Gasteiger partial charge < -0.3 is 39.1 Å². The van der Waals surface area contributed by atoms with E-state index < -0.39 is 11.8 Å². The average Bonchev–Trinajstić information content (AvgIpc) is 0.801. The van der Waals surface area contributed by atoms with E-state index in [1.807, 2.05) is 24.3 Å². The number of hydrogen-bond donors (Lipinski definition) is 2. The van der Waals surface area contributed by atoms with Crippen molar-refractivity contribution in [3.63, 3.8) is 0 Å². The number of nitrogens with one attached hydrogen (secondary N) is 2. The summed E-state index contributed by atoms with van der Waals surface area (Å²) in [6.45, 7) is 20.5. The van der Waals surface area contributed by atoms with Crippen LogP contribution in [-0.4, -0.2) is 61.4 Å². The molecule has 12 nitrogen and oxygen atoms in total. The molecule has 0 aliphatic carbocycles. The Bertz CT molecular complexity index is 2440. The molecule has 0 radical (unpaired) electrons. The van der Waals surface area contributed by atoms with Crippen LogP contribution >= 0.6 is 0 Å². The average molecular weight is 1620 g/mol. The van der Waals surface area contributed by atoms with E-state index in [9.17, 15) is 9.59 Å². The van der Waals surface area contributed by atoms with Gasteiger partial charge in [-0.2, -0.15) is 0 Å². The van der Waals surface area contributed by atoms with Crippen molar-refractivity contribution in [2.24, 2.45) is 0 Å². The highest BCUT2D eigenvalue weighted by atomic mass is 16.5. The van der Waals surface area contributed by atoms with Crippen LogP contribution in [0.3, 0.4) is 0 Å². The number of unbranched alkanes of at least 4 members (excludes halogenated alkanes) is 66. The number of aryl methyl sites for hydroxylation is 2. The van der Waals surface area contributed by atoms with E-state index in [-0.39, 0.29) is 11.4 Å². The first kappa shape index (κ1) is 105. The molecule has 2 N–H and O–H groups in total. The third kappa shape index (κ3) is 57.5. The standard InChI is InChI=1S/C104H186N4O8/c1-9-15-21-27-33-39-45-51-57-63-69-75-81-111-95-87-93(88-96(112-82-76-70-64-58-52-46-40-34-28-22-16-10-2)101(95)115-85-79-73-67-61-55-49-43-37-31-25-19-13-5)107-103(109)99-91(7)106-100(92(8)105-99)104(110)108-94-89-97(113-83-77-71-65-59-53-47-41-35-29-23-17-11-3)102(116-86-80-74-68-62-56-50-44-38-32-26-20-14-6)98(90-94)114-84-78-72-66-60-54-48-42-36-30-24-18-12-4/h87-90H,9-86H2,1-8H3,(H,107,109)(H,108,110). The van der Waals surface area contributed by atoms with E-state index in [0.717, 1.165) is 77.0 Å². The second-order valence-corrected chi connectivity index (χ2v) is 35.0. The van der Waals surface area contributed by atoms with E-state index in [2.05, 4.69) is 52.2 Å². The van der Waals surface area contributed by atoms with Gasteiger partial charge in [-0.15, -0.1) is 0 Å². The Morgan fingerprint density at radius 2 is 0.353 bits per heavy atom. The second kappa shape index (κ2) is 78.8. The van der Waals surface area contributed by atoms with Crippen molar-refractivity contribution in [1.82, 2.24) is 9.97 Å². The van der Waals surface area contributed by atoms with Crippen molar-refractivity contribution in [3.05, 3.63) is 47.0 Å². The highest BCUT2D eigenvalue weighted by Gasteiger charge is 2.24. The Morgan fingerprint density at radius 1 is 0.216 bits per heavy atom. The summed E-state index contributed by atoms with van der Waals surface area (Å²) in [6.07, 6.45) is 91.4. The van der Waals surface area contributed by atoms with E-state index in [1.165, 1.54) is 385 Å². The van der Waals surface area contributed by atoms with E-state index >= 15 is 0 Å². The Hall–Kier alpha value is -4.74. The van der Waals surface area contributed by atoms with Gasteiger partial charge in [0.15, 0.2) is 23.0 Å². The first-order valence-corrected chi connectivity index (χ1v) is 50.8. The predicted octanol–water partition coefficient (Wildman–Crippen LogP) is 34.1. The molecule has 2 amide bonds. The number of benzene rings is 2. The van der Waals surface area contributed by atoms with Gasteiger partial charge in [-0.3, -0.25) is 9.59 Å². The van der Waals surface area contributed by atoms with Crippen molar-refractivity contribution in [2.45, 2.75) is 518 Å². The Kier molecular flexibility index (Phi) is 71.6. The van der Waals surface area contributed by atoms with Crippen LogP contribution in [0.5, 0.6) is 34.5 Å². The molecule has 0 saturated carbocycles. The maximum Gasteiger partial charge on any atom is 0.276 e. The molecule has 2 aromatic carbocycles. The van der Waals surface area contributed by atoms with Gasteiger partial charge in [-0.05, 0) is 52.4 Å². The van der Waals surface area contributed by atoms with Crippen molar-refractivity contribution in [3.8, 4) is 34.5 Å². The molecule has 1 aromatic heterocycles. The minimum Gasteiger partial charge on any atom is -0.489 e. The lowest BCUT2D eigenvalue weighted by molar-refractivity contribution is 0.100. The van der Waals surface area contributed by atoms with Gasteiger partial charge in [0.25, 0.3) is 11.8 Å². The molecule has 1 heterocycles. The number of carbonyl (C=O) groups excluding carboxylic acids is 2. The van der Waals surface area contributed by atoms with Crippen molar-refractivity contribution in [1.29, 1.82) is 0 Å². The molecule has 0 aliphatic heterocycles. The molecule has 3 rings (SSSR count). The normalized spacial score (nSPS) is 11.4. The van der Waals surface area contributed by atoms with Gasteiger partial charge in [0.1, 0.15) is 11.4 Å². The lowest BCUT2D eigenvalue weighted by Crippen LogP contribution is -2.22. The third-order valence-electron chi connectivity index (χ3n) is 23.7. The van der Waals surface area contributed by atoms with Crippen LogP contribution in [0.15, 0.2) is 24.3 Å². The molecule has 3 aromatic rings. The molecular weight excluding hydrogens is 1430 g/mol. The summed E-state index contributed by atoms with van der Waals surface area (Å²) in [4.78, 5) is 39.3. The summed E-state index contributed by atoms with van der Waals surface area (Å²) < 4.78 is 40.5. The molecular formula is C104H186N4O8. The summed E-state index contributed by atoms with van der Waals surface area (Å²) in [7, 11) is 0. The highest BCUT2D eigenvalue weighted by Crippen LogP contribution is 2.43. The number of hydrogen-bond acceptors (Lipinski definition) is 10. The first-order chi connectivity index (χ1) is 57.2. The Labute approximate surface area is 716 Å². The first-order valence-electron chi connectivity index (χ1n) is 50.8. The van der Waals surface area contributed by atoms with E-state index in [1.54, 1.807) is 13.8 Å². The van der Waals surface area contributed by atoms with Crippen molar-refractivity contribution >= 4 is 23.2 Å². The maximum absolute atomic E-state index is 14.8. The topological polar surface area (TPSA) is 139 Å². The van der Waals surface area contributed by atoms with Gasteiger partial charge in [0.05, 0.1) is 51.0 Å². The molecule has 116 heavy (non-hydrogen) atoms. The lowest BCUT2D eigenvalue weighted by atomic mass is 10.1. The zero-order valence-corrected chi connectivity index (χ0v) is 77.6. The zero-order valence-electron chi connectivity index (χ0n) is 77.6. The minimum atomic E-state index is -0.432. The number of rotatable bonds is 88. The van der Waals surface area contributed by atoms with Gasteiger partial charge in [-0.1, -0.05) is 465 Å². The van der Waals surface area contributed by atoms with Crippen LogP contribution < -0.4 is 39.1 Å². The van der Waals surface area contributed by atoms with Crippen LogP contribution in [0.1, 0.15) is 536 Å². The molecule has 0 bridgehead atoms. The fourth-order valence-corrected chi connectivity index (χ4v) is 16.2. The van der Waals surface area contributed by atoms with Gasteiger partial charge >= 0.3 is 0 Å². The number of carbonyl (C=O) groups is 2. The van der Waals surface area contributed by atoms with Gasteiger partial charge in [-0.25, -0.2) is 9.97 Å². The molecule has 0 spiro atoms. The quantitative estimate of drug-likeness (QED) is 0.0525. The van der Waals surface area contributed by atoms with Crippen LogP contribution in [0.2, 0.25) is 0 Å². The summed E-state index contributed by atoms with van der Waals surface area (Å²) in [5, 5.41) is 6.38. The smallest absolute Gasteiger partial charge is 0.276 e. The fraction of sp³-hybridized carbons (Fsp3) is 0.827. The maximum atomic E-state index is 14.8. The Balaban J connectivity index is 1.93. The molecule has 670 valence electrons. The predicted molar refractivity (Wildman–Crippen MR) is 500 cm³/mol. The van der Waals surface area contributed by atoms with E-state index in [4.69, 9.17) is 38.4 Å². The van der Waals surface area contributed by atoms with Crippen LogP contribution in [0.4, 0.5) is 11.4 Å². The lowest BCUT2D eigenvalue weighted by Gasteiger charge is -2.20. The summed E-state index contributed by atoms with van der Waals surface area (Å²) in [5.41, 5.74) is 2.01. The van der Waals surface area contributed by atoms with Crippen LogP contribution in [0.25, 0.3) is 0 Å². The summed E-state index contributed by atoms with van der Waals surface area (Å²) >= 11 is 0. The number of nitrogens with zero attached hydrogens (tertiary/aromatic N) is 2. The SMILES string of the molecule is CCCCCCCCCCCCCCOc1cc(NC(=O)c2nc(C)c(C(=O)Nc3cc(OCCCCCCCCCCCCCC)c(OCCCCCCCCCCCCCC)c(OCCCCCCCCCCCCCC)c3)nc2C)cc(OCCCCCCCCCCCCCC)c1OCCCCCCCCCCCCCC. The monoisotopic (exact) mass is 1620 g/mol. The molecule has 0 atom stereocenters. The largest absolute Gasteiger partial charge is 0.489 e. The van der Waals surface area contributed by atoms with Crippen LogP contribution in [0, 0.1) is 13.8 Å². The fourth-order valence-electron chi connectivity index (χ4n) is 16.2. The molecule has 0 fully saturated rings. The Morgan fingerprint density at radius 3 is 0.509 bits per heavy atom. The van der Waals surface area contributed by atoms with Crippen molar-refractivity contribution in [2.75, 3.05) is 50.3 Å². The minimum absolute atomic E-state index is 0.140. The summed E-state index contributed by atoms with van der Waals surface area (Å²) in [6, 6.07) is 7.58. The molecule has 0 unspecified atom stereocenters. The van der Waals surface area contributed by atoms with Gasteiger partial charge in [0.2, 0.25) is 11.5 Å². The van der Waals surface area contributed by atoms with E-state index in [0.29, 0.717) is 96.9 Å². The number of amides is 2. The number of anilines is 2. The molecule has 0 aliphatic rings. The van der Waals surface area contributed by atoms with Crippen LogP contribution in [-0.2, 0) is 0 Å². The zero-order chi connectivity index (χ0) is 83.1. The molecule has 0 saturated heterocycles.